The molecule has 0 radical (unpaired) electrons. The van der Waals surface area contributed by atoms with Crippen molar-refractivity contribution < 1.29 is 18.7 Å². The fourth-order valence-corrected chi connectivity index (χ4v) is 4.12. The van der Waals surface area contributed by atoms with E-state index in [-0.39, 0.29) is 17.9 Å². The number of rotatable bonds is 4. The molecular formula is C24H28FN3O3. The van der Waals surface area contributed by atoms with Crippen LogP contribution in [0.25, 0.3) is 0 Å². The van der Waals surface area contributed by atoms with E-state index in [9.17, 15) is 14.0 Å². The number of aryl methyl sites for hydroxylation is 1. The van der Waals surface area contributed by atoms with Crippen LogP contribution in [0.3, 0.4) is 0 Å². The van der Waals surface area contributed by atoms with Gasteiger partial charge >= 0.3 is 0 Å². The normalized spacial score (nSPS) is 20.0. The standard InChI is InChI=1S/C24H28FN3O3/c1-18-5-7-19(8-6-18)23(29)27-11-9-26(10-12-27)16-22-17-28(13-14-31-22)24(30)20-3-2-4-21(25)15-20/h2-8,15,22H,9-14,16-17H2,1H3. The summed E-state index contributed by atoms with van der Waals surface area (Å²) >= 11 is 0. The largest absolute Gasteiger partial charge is 0.373 e. The van der Waals surface area contributed by atoms with Crippen LogP contribution >= 0.6 is 0 Å². The van der Waals surface area contributed by atoms with Gasteiger partial charge in [0.25, 0.3) is 11.8 Å². The van der Waals surface area contributed by atoms with Gasteiger partial charge in [0, 0.05) is 56.9 Å². The third-order valence-electron chi connectivity index (χ3n) is 5.92. The maximum absolute atomic E-state index is 13.5. The topological polar surface area (TPSA) is 53.1 Å². The van der Waals surface area contributed by atoms with E-state index in [1.807, 2.05) is 36.1 Å². The van der Waals surface area contributed by atoms with Crippen LogP contribution in [0.5, 0.6) is 0 Å². The smallest absolute Gasteiger partial charge is 0.254 e. The Morgan fingerprint density at radius 2 is 1.65 bits per heavy atom. The Morgan fingerprint density at radius 1 is 0.935 bits per heavy atom. The molecule has 2 amide bonds. The first-order chi connectivity index (χ1) is 15.0. The molecule has 2 aliphatic heterocycles. The monoisotopic (exact) mass is 425 g/mol. The zero-order chi connectivity index (χ0) is 21.8. The van der Waals surface area contributed by atoms with Crippen LogP contribution in [0.1, 0.15) is 26.3 Å². The van der Waals surface area contributed by atoms with E-state index < -0.39 is 5.82 Å². The Morgan fingerprint density at radius 3 is 2.35 bits per heavy atom. The lowest BCUT2D eigenvalue weighted by atomic mass is 10.1. The van der Waals surface area contributed by atoms with E-state index in [0.717, 1.165) is 24.2 Å². The van der Waals surface area contributed by atoms with Crippen molar-refractivity contribution in [3.05, 3.63) is 71.0 Å². The maximum Gasteiger partial charge on any atom is 0.254 e. The molecule has 0 spiro atoms. The summed E-state index contributed by atoms with van der Waals surface area (Å²) in [5.74, 6) is -0.504. The van der Waals surface area contributed by atoms with Crippen LogP contribution in [0.2, 0.25) is 0 Å². The van der Waals surface area contributed by atoms with Crippen LogP contribution < -0.4 is 0 Å². The van der Waals surface area contributed by atoms with E-state index in [1.165, 1.54) is 12.1 Å². The van der Waals surface area contributed by atoms with Gasteiger partial charge in [-0.3, -0.25) is 14.5 Å². The van der Waals surface area contributed by atoms with Gasteiger partial charge in [-0.2, -0.15) is 0 Å². The van der Waals surface area contributed by atoms with Crippen LogP contribution in [-0.4, -0.2) is 85.0 Å². The third-order valence-corrected chi connectivity index (χ3v) is 5.92. The molecule has 2 aliphatic rings. The molecule has 1 atom stereocenters. The fraction of sp³-hybridized carbons (Fsp3) is 0.417. The predicted octanol–water partition coefficient (Wildman–Crippen LogP) is 2.43. The highest BCUT2D eigenvalue weighted by Gasteiger charge is 2.29. The lowest BCUT2D eigenvalue weighted by molar-refractivity contribution is -0.0400. The Kier molecular flexibility index (Phi) is 6.63. The first-order valence-corrected chi connectivity index (χ1v) is 10.7. The average Bonchev–Trinajstić information content (AvgIpc) is 2.79. The van der Waals surface area contributed by atoms with Gasteiger partial charge in [-0.15, -0.1) is 0 Å². The molecule has 0 N–H and O–H groups in total. The van der Waals surface area contributed by atoms with Crippen LogP contribution in [0.4, 0.5) is 4.39 Å². The van der Waals surface area contributed by atoms with E-state index >= 15 is 0 Å². The lowest BCUT2D eigenvalue weighted by Gasteiger charge is -2.39. The van der Waals surface area contributed by atoms with Crippen molar-refractivity contribution in [2.24, 2.45) is 0 Å². The zero-order valence-electron chi connectivity index (χ0n) is 17.8. The molecule has 4 rings (SSSR count). The van der Waals surface area contributed by atoms with Gasteiger partial charge in [-0.1, -0.05) is 23.8 Å². The molecule has 1 unspecified atom stereocenters. The summed E-state index contributed by atoms with van der Waals surface area (Å²) in [7, 11) is 0. The number of carbonyl (C=O) groups is 2. The first-order valence-electron chi connectivity index (χ1n) is 10.7. The third kappa shape index (κ3) is 5.29. The molecule has 2 heterocycles. The Balaban J connectivity index is 1.28. The quantitative estimate of drug-likeness (QED) is 0.755. The van der Waals surface area contributed by atoms with Crippen molar-refractivity contribution in [3.63, 3.8) is 0 Å². The number of ether oxygens (including phenoxy) is 1. The molecule has 0 aromatic heterocycles. The Labute approximate surface area is 182 Å². The minimum absolute atomic E-state index is 0.0698. The van der Waals surface area contributed by atoms with E-state index in [4.69, 9.17) is 4.74 Å². The molecule has 0 saturated carbocycles. The summed E-state index contributed by atoms with van der Waals surface area (Å²) in [4.78, 5) is 31.3. The molecule has 6 nitrogen and oxygen atoms in total. The van der Waals surface area contributed by atoms with Crippen LogP contribution in [0.15, 0.2) is 48.5 Å². The highest BCUT2D eigenvalue weighted by molar-refractivity contribution is 5.94. The molecule has 7 heteroatoms. The summed E-state index contributed by atoms with van der Waals surface area (Å²) in [5.41, 5.74) is 2.23. The maximum atomic E-state index is 13.5. The first kappa shape index (κ1) is 21.5. The van der Waals surface area contributed by atoms with E-state index in [2.05, 4.69) is 4.90 Å². The van der Waals surface area contributed by atoms with Gasteiger partial charge in [0.05, 0.1) is 12.7 Å². The minimum Gasteiger partial charge on any atom is -0.373 e. The summed E-state index contributed by atoms with van der Waals surface area (Å²) in [6, 6.07) is 13.5. The minimum atomic E-state index is -0.409. The van der Waals surface area contributed by atoms with Crippen molar-refractivity contribution in [1.82, 2.24) is 14.7 Å². The van der Waals surface area contributed by atoms with E-state index in [1.54, 1.807) is 17.0 Å². The molecule has 2 fully saturated rings. The lowest BCUT2D eigenvalue weighted by Crippen LogP contribution is -2.54. The SMILES string of the molecule is Cc1ccc(C(=O)N2CCN(CC3CN(C(=O)c4cccc(F)c4)CCO3)CC2)cc1. The number of nitrogens with zero attached hydrogens (tertiary/aromatic N) is 3. The van der Waals surface area contributed by atoms with Gasteiger partial charge in [0.15, 0.2) is 0 Å². The van der Waals surface area contributed by atoms with Crippen molar-refractivity contribution >= 4 is 11.8 Å². The van der Waals surface area contributed by atoms with Crippen LogP contribution in [-0.2, 0) is 4.74 Å². The molecule has 2 aromatic carbocycles. The predicted molar refractivity (Wildman–Crippen MR) is 116 cm³/mol. The number of hydrogen-bond donors (Lipinski definition) is 0. The number of benzene rings is 2. The van der Waals surface area contributed by atoms with Crippen LogP contribution in [0, 0.1) is 12.7 Å². The molecule has 164 valence electrons. The molecule has 0 bridgehead atoms. The number of hydrogen-bond acceptors (Lipinski definition) is 4. The highest BCUT2D eigenvalue weighted by atomic mass is 19.1. The molecule has 31 heavy (non-hydrogen) atoms. The zero-order valence-corrected chi connectivity index (χ0v) is 17.8. The number of piperazine rings is 1. The Hall–Kier alpha value is -2.77. The highest BCUT2D eigenvalue weighted by Crippen LogP contribution is 2.15. The van der Waals surface area contributed by atoms with E-state index in [0.29, 0.717) is 44.9 Å². The number of carbonyl (C=O) groups excluding carboxylic acids is 2. The second-order valence-electron chi connectivity index (χ2n) is 8.21. The Bertz CT molecular complexity index is 926. The van der Waals surface area contributed by atoms with Gasteiger partial charge in [-0.25, -0.2) is 4.39 Å². The number of halogens is 1. The van der Waals surface area contributed by atoms with Gasteiger partial charge < -0.3 is 14.5 Å². The number of amides is 2. The molecule has 0 aliphatic carbocycles. The van der Waals surface area contributed by atoms with Crippen molar-refractivity contribution in [2.45, 2.75) is 13.0 Å². The average molecular weight is 426 g/mol. The van der Waals surface area contributed by atoms with Gasteiger partial charge in [0.2, 0.25) is 0 Å². The molecular weight excluding hydrogens is 397 g/mol. The van der Waals surface area contributed by atoms with Crippen molar-refractivity contribution in [3.8, 4) is 0 Å². The summed E-state index contributed by atoms with van der Waals surface area (Å²) < 4.78 is 19.4. The van der Waals surface area contributed by atoms with Crippen molar-refractivity contribution in [1.29, 1.82) is 0 Å². The summed E-state index contributed by atoms with van der Waals surface area (Å²) in [6.45, 7) is 7.06. The summed E-state index contributed by atoms with van der Waals surface area (Å²) in [6.07, 6.45) is -0.0920. The van der Waals surface area contributed by atoms with Crippen molar-refractivity contribution in [2.75, 3.05) is 52.4 Å². The molecule has 2 aromatic rings. The van der Waals surface area contributed by atoms with Gasteiger partial charge in [0.1, 0.15) is 5.82 Å². The summed E-state index contributed by atoms with van der Waals surface area (Å²) in [5, 5.41) is 0. The van der Waals surface area contributed by atoms with Gasteiger partial charge in [-0.05, 0) is 37.3 Å². The fourth-order valence-electron chi connectivity index (χ4n) is 4.12. The second kappa shape index (κ2) is 9.58. The second-order valence-corrected chi connectivity index (χ2v) is 8.21. The number of morpholine rings is 1. The molecule has 2 saturated heterocycles.